The maximum Gasteiger partial charge on any atom is 0.349 e. The summed E-state index contributed by atoms with van der Waals surface area (Å²) >= 11 is 0. The van der Waals surface area contributed by atoms with Crippen molar-refractivity contribution in [3.05, 3.63) is 52.1 Å². The molecule has 2 aromatic carbocycles. The van der Waals surface area contributed by atoms with Gasteiger partial charge in [0.05, 0.1) is 19.1 Å². The summed E-state index contributed by atoms with van der Waals surface area (Å²) in [5.41, 5.74) is 0.616. The van der Waals surface area contributed by atoms with Crippen molar-refractivity contribution in [2.24, 2.45) is 0 Å². The van der Waals surface area contributed by atoms with E-state index in [9.17, 15) is 29.3 Å². The lowest BCUT2D eigenvalue weighted by Gasteiger charge is -2.13. The molecule has 2 rings (SSSR count). The third kappa shape index (κ3) is 9.66. The van der Waals surface area contributed by atoms with Crippen molar-refractivity contribution in [1.29, 1.82) is 0 Å². The number of carbonyl (C=O) groups excluding carboxylic acids is 4. The van der Waals surface area contributed by atoms with E-state index >= 15 is 0 Å². The molecule has 0 amide bonds. The average Bonchev–Trinajstić information content (AvgIpc) is 2.82. The Morgan fingerprint density at radius 3 is 2.29 bits per heavy atom. The molecular weight excluding hydrogens is 466 g/mol. The number of ether oxygens (including phenoxy) is 4. The Hall–Kier alpha value is -4.22. The zero-order chi connectivity index (χ0) is 25.8. The van der Waals surface area contributed by atoms with E-state index < -0.39 is 48.1 Å². The molecule has 1 unspecified atom stereocenters. The van der Waals surface area contributed by atoms with Gasteiger partial charge in [0.2, 0.25) is 0 Å². The molecule has 0 aliphatic rings. The van der Waals surface area contributed by atoms with Gasteiger partial charge >= 0.3 is 23.9 Å². The zero-order valence-electron chi connectivity index (χ0n) is 19.2. The Bertz CT molecular complexity index is 1080. The van der Waals surface area contributed by atoms with Crippen LogP contribution in [0.25, 0.3) is 10.8 Å². The summed E-state index contributed by atoms with van der Waals surface area (Å²) < 4.78 is 19.7. The minimum Gasteiger partial charge on any atom is -0.463 e. The summed E-state index contributed by atoms with van der Waals surface area (Å²) in [6, 6.07) is 10.2. The van der Waals surface area contributed by atoms with Crippen LogP contribution in [-0.2, 0) is 38.2 Å². The van der Waals surface area contributed by atoms with Crippen molar-refractivity contribution in [2.45, 2.75) is 32.6 Å². The Morgan fingerprint density at radius 2 is 1.57 bits per heavy atom. The fourth-order valence-corrected chi connectivity index (χ4v) is 2.86. The number of carbonyl (C=O) groups is 4. The van der Waals surface area contributed by atoms with E-state index in [2.05, 4.69) is 9.57 Å². The van der Waals surface area contributed by atoms with Gasteiger partial charge in [-0.1, -0.05) is 24.3 Å². The summed E-state index contributed by atoms with van der Waals surface area (Å²) in [5.74, 6) is -3.15. The Morgan fingerprint density at radius 1 is 0.886 bits per heavy atom. The number of hydrogen-bond acceptors (Lipinski definition) is 11. The van der Waals surface area contributed by atoms with Gasteiger partial charge in [0.1, 0.15) is 5.75 Å². The van der Waals surface area contributed by atoms with Crippen molar-refractivity contribution in [1.82, 2.24) is 0 Å². The van der Waals surface area contributed by atoms with Crippen LogP contribution in [0.3, 0.4) is 0 Å². The molecule has 0 spiro atoms. The highest BCUT2D eigenvalue weighted by Gasteiger charge is 2.19. The molecule has 188 valence electrons. The van der Waals surface area contributed by atoms with Gasteiger partial charge in [-0.05, 0) is 48.2 Å². The van der Waals surface area contributed by atoms with Crippen molar-refractivity contribution < 1.29 is 48.0 Å². The van der Waals surface area contributed by atoms with Gasteiger partial charge in [-0.3, -0.25) is 9.59 Å². The summed E-state index contributed by atoms with van der Waals surface area (Å²) in [6.45, 7) is 1.65. The van der Waals surface area contributed by atoms with E-state index in [1.54, 1.807) is 43.3 Å². The second-order valence-electron chi connectivity index (χ2n) is 7.34. The summed E-state index contributed by atoms with van der Waals surface area (Å²) in [6.07, 6.45) is 0.697. The Kier molecular flexibility index (Phi) is 10.4. The van der Waals surface area contributed by atoms with Crippen molar-refractivity contribution in [2.75, 3.05) is 26.4 Å². The fourth-order valence-electron chi connectivity index (χ4n) is 2.86. The molecule has 0 aromatic heterocycles. The second kappa shape index (κ2) is 13.5. The van der Waals surface area contributed by atoms with Crippen molar-refractivity contribution >= 4 is 34.6 Å². The number of rotatable bonds is 13. The lowest BCUT2D eigenvalue weighted by Crippen LogP contribution is -2.20. The molecule has 0 aliphatic carbocycles. The van der Waals surface area contributed by atoms with Crippen LogP contribution in [0.15, 0.2) is 36.4 Å². The first-order valence-electron chi connectivity index (χ1n) is 10.6. The van der Waals surface area contributed by atoms with Gasteiger partial charge in [0.15, 0.2) is 13.2 Å². The highest BCUT2D eigenvalue weighted by Crippen LogP contribution is 2.26. The van der Waals surface area contributed by atoms with Crippen molar-refractivity contribution in [3.8, 4) is 5.75 Å². The summed E-state index contributed by atoms with van der Waals surface area (Å²) in [4.78, 5) is 60.8. The molecule has 0 heterocycles. The van der Waals surface area contributed by atoms with Crippen LogP contribution < -0.4 is 4.74 Å². The van der Waals surface area contributed by atoms with E-state index in [4.69, 9.17) is 14.2 Å². The van der Waals surface area contributed by atoms with Gasteiger partial charge in [-0.2, -0.15) is 0 Å². The molecule has 12 heteroatoms. The second-order valence-corrected chi connectivity index (χ2v) is 7.34. The van der Waals surface area contributed by atoms with Crippen LogP contribution in [0, 0.1) is 10.1 Å². The van der Waals surface area contributed by atoms with E-state index in [0.717, 1.165) is 5.39 Å². The number of fused-ring (bicyclic) bond motifs is 1. The molecule has 12 nitrogen and oxygen atoms in total. The van der Waals surface area contributed by atoms with Gasteiger partial charge in [-0.15, -0.1) is 10.1 Å². The van der Waals surface area contributed by atoms with E-state index in [1.165, 1.54) is 6.92 Å². The monoisotopic (exact) mass is 491 g/mol. The number of nitrogens with zero attached hydrogens (tertiary/aromatic N) is 1. The minimum absolute atomic E-state index is 0.0193. The molecule has 0 bridgehead atoms. The lowest BCUT2D eigenvalue weighted by atomic mass is 9.98. The maximum absolute atomic E-state index is 12.4. The molecule has 1 atom stereocenters. The third-order valence-corrected chi connectivity index (χ3v) is 4.64. The topological polar surface area (TPSA) is 158 Å². The zero-order valence-corrected chi connectivity index (χ0v) is 19.2. The number of benzene rings is 2. The summed E-state index contributed by atoms with van der Waals surface area (Å²) in [5, 5.41) is 10.7. The normalized spacial score (nSPS) is 11.3. The van der Waals surface area contributed by atoms with E-state index in [1.807, 2.05) is 0 Å². The first-order chi connectivity index (χ1) is 16.7. The van der Waals surface area contributed by atoms with Crippen LogP contribution in [-0.4, -0.2) is 55.4 Å². The average molecular weight is 491 g/mol. The molecule has 0 N–H and O–H groups in total. The highest BCUT2D eigenvalue weighted by atomic mass is 16.9. The first-order valence-corrected chi connectivity index (χ1v) is 10.6. The predicted molar refractivity (Wildman–Crippen MR) is 119 cm³/mol. The SMILES string of the molecule is CC(=O)OCC(=O)Oc1ccc2ccc(C(C)C(=O)OCC(=O)OCCCCO[N+](=O)[O-])cc2c1. The predicted octanol–water partition coefficient (Wildman–Crippen LogP) is 2.49. The molecule has 0 radical (unpaired) electrons. The van der Waals surface area contributed by atoms with E-state index in [0.29, 0.717) is 23.8 Å². The number of esters is 4. The van der Waals surface area contributed by atoms with Crippen molar-refractivity contribution in [3.63, 3.8) is 0 Å². The highest BCUT2D eigenvalue weighted by molar-refractivity contribution is 5.88. The molecular formula is C23H25NO11. The lowest BCUT2D eigenvalue weighted by molar-refractivity contribution is -0.757. The smallest absolute Gasteiger partial charge is 0.349 e. The van der Waals surface area contributed by atoms with Gasteiger partial charge in [0.25, 0.3) is 5.09 Å². The summed E-state index contributed by atoms with van der Waals surface area (Å²) in [7, 11) is 0. The quantitative estimate of drug-likeness (QED) is 0.101. The number of unbranched alkanes of at least 4 members (excludes halogenated alkanes) is 1. The third-order valence-electron chi connectivity index (χ3n) is 4.64. The van der Waals surface area contributed by atoms with Crippen LogP contribution in [0.1, 0.15) is 38.2 Å². The molecule has 35 heavy (non-hydrogen) atoms. The minimum atomic E-state index is -0.899. The maximum atomic E-state index is 12.4. The molecule has 0 fully saturated rings. The van der Waals surface area contributed by atoms with Gasteiger partial charge in [-0.25, -0.2) is 9.59 Å². The fraction of sp³-hybridized carbons (Fsp3) is 0.391. The first kappa shape index (κ1) is 27.0. The Labute approximate surface area is 200 Å². The van der Waals surface area contributed by atoms with Gasteiger partial charge in [0, 0.05) is 6.92 Å². The van der Waals surface area contributed by atoms with Crippen LogP contribution in [0.4, 0.5) is 0 Å². The van der Waals surface area contributed by atoms with E-state index in [-0.39, 0.29) is 19.0 Å². The van der Waals surface area contributed by atoms with Crippen LogP contribution in [0.2, 0.25) is 0 Å². The number of hydrogen-bond donors (Lipinski definition) is 0. The molecule has 0 saturated heterocycles. The Balaban J connectivity index is 1.86. The molecule has 0 saturated carbocycles. The largest absolute Gasteiger partial charge is 0.463 e. The standard InChI is InChI=1S/C23H25NO11/c1-15(23(28)33-13-21(26)31-9-3-4-10-34-24(29)30)18-6-5-17-7-8-20(12-19(17)11-18)35-22(27)14-32-16(2)25/h5-8,11-12,15H,3-4,9-10,13-14H2,1-2H3. The van der Waals surface area contributed by atoms with Gasteiger partial charge < -0.3 is 23.8 Å². The molecule has 0 aliphatic heterocycles. The van der Waals surface area contributed by atoms with Crippen LogP contribution in [0.5, 0.6) is 5.75 Å². The van der Waals surface area contributed by atoms with Crippen LogP contribution >= 0.6 is 0 Å². The molecule has 2 aromatic rings.